The normalized spacial score (nSPS) is 14.6. The number of carbonyl (C=O) groups is 1. The molecule has 1 aromatic rings. The molecule has 8 heteroatoms. The van der Waals surface area contributed by atoms with Gasteiger partial charge in [0.25, 0.3) is 5.91 Å². The molecular formula is C13H15ClF3NO2S. The van der Waals surface area contributed by atoms with E-state index in [-0.39, 0.29) is 28.5 Å². The largest absolute Gasteiger partial charge is 0.416 e. The smallest absolute Gasteiger partial charge is 0.395 e. The Morgan fingerprint density at radius 3 is 2.52 bits per heavy atom. The highest BCUT2D eigenvalue weighted by atomic mass is 35.5. The molecule has 2 atom stereocenters. The molecule has 0 aliphatic rings. The van der Waals surface area contributed by atoms with Crippen molar-refractivity contribution in [3.63, 3.8) is 0 Å². The molecular weight excluding hydrogens is 327 g/mol. The molecule has 0 aliphatic heterocycles. The van der Waals surface area contributed by atoms with E-state index in [4.69, 9.17) is 16.7 Å². The lowest BCUT2D eigenvalue weighted by Crippen LogP contribution is -2.41. The summed E-state index contributed by atoms with van der Waals surface area (Å²) in [6, 6.07) is 2.22. The van der Waals surface area contributed by atoms with Crippen LogP contribution in [0.15, 0.2) is 18.2 Å². The van der Waals surface area contributed by atoms with Crippen molar-refractivity contribution in [2.45, 2.75) is 24.4 Å². The van der Waals surface area contributed by atoms with Crippen molar-refractivity contribution < 1.29 is 23.1 Å². The van der Waals surface area contributed by atoms with Gasteiger partial charge in [-0.05, 0) is 31.4 Å². The molecule has 0 unspecified atom stereocenters. The zero-order chi connectivity index (χ0) is 16.2. The van der Waals surface area contributed by atoms with Crippen LogP contribution in [0.1, 0.15) is 22.8 Å². The number of aliphatic hydroxyl groups is 1. The molecule has 1 rings (SSSR count). The maximum absolute atomic E-state index is 12.5. The van der Waals surface area contributed by atoms with Crippen molar-refractivity contribution in [3.8, 4) is 0 Å². The summed E-state index contributed by atoms with van der Waals surface area (Å²) in [4.78, 5) is 12.0. The molecule has 3 nitrogen and oxygen atoms in total. The standard InChI is InChI=1S/C13H15ClF3NO2S/c1-7(11(6-19)21-2)18-12(20)9-4-3-8(5-10(9)14)13(15,16)17/h3-5,7,11,19H,6H2,1-2H3,(H,18,20)/t7-,11+/m0/s1. The van der Waals surface area contributed by atoms with Crippen LogP contribution >= 0.6 is 23.4 Å². The second kappa shape index (κ2) is 7.38. The van der Waals surface area contributed by atoms with Crippen molar-refractivity contribution in [2.24, 2.45) is 0 Å². The molecule has 21 heavy (non-hydrogen) atoms. The second-order valence-electron chi connectivity index (χ2n) is 4.41. The van der Waals surface area contributed by atoms with E-state index < -0.39 is 17.6 Å². The first-order chi connectivity index (χ1) is 9.70. The number of hydrogen-bond acceptors (Lipinski definition) is 3. The van der Waals surface area contributed by atoms with Crippen LogP contribution in [0, 0.1) is 0 Å². The molecule has 0 fully saturated rings. The number of amides is 1. The van der Waals surface area contributed by atoms with Gasteiger partial charge in [-0.3, -0.25) is 4.79 Å². The summed E-state index contributed by atoms with van der Waals surface area (Å²) in [6.45, 7) is 1.58. The van der Waals surface area contributed by atoms with Gasteiger partial charge in [0.05, 0.1) is 22.8 Å². The summed E-state index contributed by atoms with van der Waals surface area (Å²) in [5.74, 6) is -0.575. The number of hydrogen-bond donors (Lipinski definition) is 2. The van der Waals surface area contributed by atoms with Gasteiger partial charge < -0.3 is 10.4 Å². The number of halogens is 4. The highest BCUT2D eigenvalue weighted by Gasteiger charge is 2.31. The average molecular weight is 342 g/mol. The summed E-state index contributed by atoms with van der Waals surface area (Å²) in [5, 5.41) is 11.3. The molecule has 1 amide bonds. The average Bonchev–Trinajstić information content (AvgIpc) is 2.38. The highest BCUT2D eigenvalue weighted by Crippen LogP contribution is 2.32. The fourth-order valence-corrected chi connectivity index (χ4v) is 2.58. The monoisotopic (exact) mass is 341 g/mol. The van der Waals surface area contributed by atoms with E-state index in [1.165, 1.54) is 11.8 Å². The Morgan fingerprint density at radius 2 is 2.10 bits per heavy atom. The third kappa shape index (κ3) is 4.79. The Bertz CT molecular complexity index is 507. The molecule has 0 radical (unpaired) electrons. The van der Waals surface area contributed by atoms with Gasteiger partial charge in [-0.15, -0.1) is 0 Å². The van der Waals surface area contributed by atoms with Gasteiger partial charge >= 0.3 is 6.18 Å². The molecule has 0 aromatic heterocycles. The predicted molar refractivity (Wildman–Crippen MR) is 77.8 cm³/mol. The lowest BCUT2D eigenvalue weighted by Gasteiger charge is -2.21. The number of benzene rings is 1. The second-order valence-corrected chi connectivity index (χ2v) is 5.90. The first-order valence-corrected chi connectivity index (χ1v) is 7.68. The summed E-state index contributed by atoms with van der Waals surface area (Å²) >= 11 is 7.12. The highest BCUT2D eigenvalue weighted by molar-refractivity contribution is 7.99. The Morgan fingerprint density at radius 1 is 1.48 bits per heavy atom. The topological polar surface area (TPSA) is 49.3 Å². The number of aliphatic hydroxyl groups excluding tert-OH is 1. The van der Waals surface area contributed by atoms with Crippen molar-refractivity contribution in [1.82, 2.24) is 5.32 Å². The number of rotatable bonds is 5. The molecule has 0 bridgehead atoms. The molecule has 118 valence electrons. The van der Waals surface area contributed by atoms with Crippen molar-refractivity contribution in [3.05, 3.63) is 34.3 Å². The Labute approximate surface area is 129 Å². The van der Waals surface area contributed by atoms with Crippen LogP contribution in [-0.2, 0) is 6.18 Å². The summed E-state index contributed by atoms with van der Waals surface area (Å²) in [6.07, 6.45) is -2.72. The fourth-order valence-electron chi connectivity index (χ4n) is 1.69. The summed E-state index contributed by atoms with van der Waals surface area (Å²) in [7, 11) is 0. The minimum Gasteiger partial charge on any atom is -0.395 e. The van der Waals surface area contributed by atoms with Gasteiger partial charge in [0.15, 0.2) is 0 Å². The lowest BCUT2D eigenvalue weighted by atomic mass is 10.1. The number of carbonyl (C=O) groups excluding carboxylic acids is 1. The van der Waals surface area contributed by atoms with Crippen LogP contribution in [0.4, 0.5) is 13.2 Å². The number of alkyl halides is 3. The SMILES string of the molecule is CS[C@H](CO)[C@H](C)NC(=O)c1ccc(C(F)(F)F)cc1Cl. The van der Waals surface area contributed by atoms with Crippen LogP contribution in [0.5, 0.6) is 0 Å². The van der Waals surface area contributed by atoms with E-state index in [0.29, 0.717) is 0 Å². The van der Waals surface area contributed by atoms with Gasteiger partial charge in [0.2, 0.25) is 0 Å². The van der Waals surface area contributed by atoms with Crippen LogP contribution in [0.2, 0.25) is 5.02 Å². The van der Waals surface area contributed by atoms with E-state index in [9.17, 15) is 18.0 Å². The van der Waals surface area contributed by atoms with Gasteiger partial charge in [0.1, 0.15) is 0 Å². The minimum atomic E-state index is -4.51. The molecule has 1 aromatic carbocycles. The van der Waals surface area contributed by atoms with Crippen molar-refractivity contribution >= 4 is 29.3 Å². The first-order valence-electron chi connectivity index (χ1n) is 6.02. The summed E-state index contributed by atoms with van der Waals surface area (Å²) in [5.41, 5.74) is -0.941. The van der Waals surface area contributed by atoms with E-state index in [1.807, 2.05) is 0 Å². The minimum absolute atomic E-state index is 0.0330. The maximum atomic E-state index is 12.5. The quantitative estimate of drug-likeness (QED) is 0.864. The molecule has 0 heterocycles. The molecule has 2 N–H and O–H groups in total. The van der Waals surface area contributed by atoms with E-state index >= 15 is 0 Å². The Hall–Kier alpha value is -0.920. The Balaban J connectivity index is 2.89. The van der Waals surface area contributed by atoms with Crippen LogP contribution in [0.3, 0.4) is 0 Å². The third-order valence-electron chi connectivity index (χ3n) is 2.94. The number of thioether (sulfide) groups is 1. The van der Waals surface area contributed by atoms with Crippen LogP contribution in [-0.4, -0.2) is 35.2 Å². The maximum Gasteiger partial charge on any atom is 0.416 e. The van der Waals surface area contributed by atoms with Crippen molar-refractivity contribution in [1.29, 1.82) is 0 Å². The van der Waals surface area contributed by atoms with Gasteiger partial charge in [-0.25, -0.2) is 0 Å². The van der Waals surface area contributed by atoms with Crippen LogP contribution in [0.25, 0.3) is 0 Å². The van der Waals surface area contributed by atoms with Gasteiger partial charge in [0, 0.05) is 11.3 Å². The third-order valence-corrected chi connectivity index (χ3v) is 4.42. The fraction of sp³-hybridized carbons (Fsp3) is 0.462. The lowest BCUT2D eigenvalue weighted by molar-refractivity contribution is -0.137. The Kier molecular flexibility index (Phi) is 6.37. The van der Waals surface area contributed by atoms with E-state index in [2.05, 4.69) is 5.32 Å². The van der Waals surface area contributed by atoms with Gasteiger partial charge in [-0.2, -0.15) is 24.9 Å². The van der Waals surface area contributed by atoms with E-state index in [1.54, 1.807) is 13.2 Å². The summed E-state index contributed by atoms with van der Waals surface area (Å²) < 4.78 is 37.6. The molecule has 0 saturated carbocycles. The zero-order valence-corrected chi connectivity index (χ0v) is 12.9. The van der Waals surface area contributed by atoms with E-state index in [0.717, 1.165) is 18.2 Å². The van der Waals surface area contributed by atoms with Crippen molar-refractivity contribution in [2.75, 3.05) is 12.9 Å². The molecule has 0 spiro atoms. The van der Waals surface area contributed by atoms with Crippen LogP contribution < -0.4 is 5.32 Å². The first kappa shape index (κ1) is 18.1. The zero-order valence-electron chi connectivity index (χ0n) is 11.4. The molecule has 0 saturated heterocycles. The predicted octanol–water partition coefficient (Wildman–Crippen LogP) is 3.20. The molecule has 0 aliphatic carbocycles. The van der Waals surface area contributed by atoms with Gasteiger partial charge in [-0.1, -0.05) is 11.6 Å². The number of nitrogens with one attached hydrogen (secondary N) is 1.